The molecule has 1 atom stereocenters. The Morgan fingerprint density at radius 2 is 1.97 bits per heavy atom. The van der Waals surface area contributed by atoms with E-state index in [1.807, 2.05) is 37.3 Å². The van der Waals surface area contributed by atoms with Gasteiger partial charge in [0.2, 0.25) is 0 Å². The molecule has 0 aliphatic carbocycles. The highest BCUT2D eigenvalue weighted by molar-refractivity contribution is 8.24. The molecule has 1 aromatic carbocycles. The van der Waals surface area contributed by atoms with Crippen molar-refractivity contribution in [3.8, 4) is 11.4 Å². The summed E-state index contributed by atoms with van der Waals surface area (Å²) < 4.78 is 25.6. The molecular formula is C22H33N5O3S2. The van der Waals surface area contributed by atoms with E-state index < -0.39 is 15.3 Å². The van der Waals surface area contributed by atoms with E-state index >= 15 is 0 Å². The van der Waals surface area contributed by atoms with Crippen molar-refractivity contribution < 1.29 is 13.8 Å². The summed E-state index contributed by atoms with van der Waals surface area (Å²) in [6.07, 6.45) is 1.46. The average molecular weight is 480 g/mol. The van der Waals surface area contributed by atoms with Crippen LogP contribution in [0.5, 0.6) is 0 Å². The van der Waals surface area contributed by atoms with Gasteiger partial charge in [-0.05, 0) is 64.2 Å². The number of nitrogens with zero attached hydrogens (tertiary/aromatic N) is 3. The highest BCUT2D eigenvalue weighted by Gasteiger charge is 2.35. The number of morpholine rings is 1. The summed E-state index contributed by atoms with van der Waals surface area (Å²) in [4.78, 5) is 11.8. The van der Waals surface area contributed by atoms with Crippen molar-refractivity contribution in [1.29, 1.82) is 0 Å². The van der Waals surface area contributed by atoms with Gasteiger partial charge in [0.1, 0.15) is 5.82 Å². The summed E-state index contributed by atoms with van der Waals surface area (Å²) in [5, 5.41) is 6.77. The maximum absolute atomic E-state index is 10.5. The van der Waals surface area contributed by atoms with Crippen LogP contribution in [0.2, 0.25) is 0 Å². The Hall–Kier alpha value is -1.98. The molecule has 32 heavy (non-hydrogen) atoms. The molecule has 4 N–H and O–H groups in total. The lowest BCUT2D eigenvalue weighted by atomic mass is 10.1. The minimum absolute atomic E-state index is 0.156. The Balaban J connectivity index is 2.02. The second kappa shape index (κ2) is 9.88. The molecule has 2 heterocycles. The third-order valence-corrected chi connectivity index (χ3v) is 8.09. The second-order valence-electron chi connectivity index (χ2n) is 8.46. The third kappa shape index (κ3) is 5.49. The minimum atomic E-state index is -2.91. The van der Waals surface area contributed by atoms with E-state index in [-0.39, 0.29) is 6.04 Å². The van der Waals surface area contributed by atoms with Gasteiger partial charge in [0, 0.05) is 36.7 Å². The van der Waals surface area contributed by atoms with Crippen molar-refractivity contribution in [2.75, 3.05) is 42.8 Å². The van der Waals surface area contributed by atoms with Crippen molar-refractivity contribution in [1.82, 2.24) is 15.3 Å². The Morgan fingerprint density at radius 3 is 2.56 bits per heavy atom. The molecule has 1 aromatic heterocycles. The highest BCUT2D eigenvalue weighted by Crippen LogP contribution is 2.55. The summed E-state index contributed by atoms with van der Waals surface area (Å²) in [5.41, 5.74) is 2.28. The number of nitrogens with one attached hydrogen (secondary N) is 2. The number of aromatic nitrogens is 2. The van der Waals surface area contributed by atoms with E-state index in [2.05, 4.69) is 22.5 Å². The topological polar surface area (TPSA) is 103 Å². The van der Waals surface area contributed by atoms with Gasteiger partial charge in [0.05, 0.1) is 29.7 Å². The number of hydrogen-bond donors (Lipinski definition) is 4. The van der Waals surface area contributed by atoms with Gasteiger partial charge >= 0.3 is 0 Å². The zero-order valence-corrected chi connectivity index (χ0v) is 20.9. The molecule has 1 aliphatic heterocycles. The molecule has 3 rings (SSSR count). The zero-order valence-electron chi connectivity index (χ0n) is 19.3. The molecule has 0 radical (unpaired) electrons. The molecule has 0 saturated carbocycles. The molecule has 8 nitrogen and oxygen atoms in total. The SMILES string of the molecule is CCNC(=S)Nc1ccc(-c2nc(N3CCOC[C@@H]3C)cc(C(C)(C)S(C)(O)O)n2)cc1. The number of rotatable bonds is 6. The van der Waals surface area contributed by atoms with Crippen molar-refractivity contribution in [2.24, 2.45) is 0 Å². The Morgan fingerprint density at radius 1 is 1.28 bits per heavy atom. The smallest absolute Gasteiger partial charge is 0.170 e. The Kier molecular flexibility index (Phi) is 7.61. The molecule has 1 aliphatic rings. The van der Waals surface area contributed by atoms with Crippen molar-refractivity contribution in [2.45, 2.75) is 38.5 Å². The fourth-order valence-corrected chi connectivity index (χ4v) is 4.09. The summed E-state index contributed by atoms with van der Waals surface area (Å²) in [6.45, 7) is 10.4. The predicted octanol–water partition coefficient (Wildman–Crippen LogP) is 4.29. The van der Waals surface area contributed by atoms with Crippen LogP contribution in [0.4, 0.5) is 11.5 Å². The first-order valence-corrected chi connectivity index (χ1v) is 13.0. The number of thiocarbonyl (C=S) groups is 1. The van der Waals surface area contributed by atoms with Crippen molar-refractivity contribution >= 4 is 39.4 Å². The normalized spacial score (nSPS) is 17.7. The van der Waals surface area contributed by atoms with Gasteiger partial charge < -0.3 is 20.3 Å². The first-order valence-electron chi connectivity index (χ1n) is 10.6. The van der Waals surface area contributed by atoms with Crippen LogP contribution in [-0.4, -0.2) is 62.8 Å². The molecule has 10 heteroatoms. The lowest BCUT2D eigenvalue weighted by Crippen LogP contribution is -2.44. The summed E-state index contributed by atoms with van der Waals surface area (Å²) in [7, 11) is -2.91. The number of ether oxygens (including phenoxy) is 1. The van der Waals surface area contributed by atoms with E-state index in [0.29, 0.717) is 36.4 Å². The van der Waals surface area contributed by atoms with Gasteiger partial charge in [-0.2, -0.15) is 10.6 Å². The van der Waals surface area contributed by atoms with Crippen LogP contribution in [0.3, 0.4) is 0 Å². The minimum Gasteiger partial charge on any atom is -0.377 e. The first-order chi connectivity index (χ1) is 15.0. The molecule has 0 unspecified atom stereocenters. The quantitative estimate of drug-likeness (QED) is 0.452. The summed E-state index contributed by atoms with van der Waals surface area (Å²) in [6, 6.07) is 9.73. The maximum atomic E-state index is 10.5. The van der Waals surface area contributed by atoms with Crippen LogP contribution in [0, 0.1) is 0 Å². The molecule has 1 saturated heterocycles. The van der Waals surface area contributed by atoms with Crippen LogP contribution >= 0.6 is 22.8 Å². The standard InChI is InChI=1S/C22H33N5O3S2/c1-6-23-21(31)24-17-9-7-16(8-10-17)20-25-18(22(3,4)32(5,28)29)13-19(26-20)27-11-12-30-14-15(27)2/h7-10,13,15,28-29H,6,11-12,14H2,1-5H3,(H2,23,24,31)/t15-/m0/s1. The van der Waals surface area contributed by atoms with E-state index in [0.717, 1.165) is 23.6 Å². The zero-order chi connectivity index (χ0) is 23.5. The van der Waals surface area contributed by atoms with Crippen LogP contribution in [0.1, 0.15) is 33.4 Å². The fourth-order valence-electron chi connectivity index (χ4n) is 3.32. The van der Waals surface area contributed by atoms with E-state index in [1.165, 1.54) is 6.26 Å². The molecular weight excluding hydrogens is 446 g/mol. The van der Waals surface area contributed by atoms with Gasteiger partial charge in [-0.25, -0.2) is 9.97 Å². The largest absolute Gasteiger partial charge is 0.377 e. The van der Waals surface area contributed by atoms with Crippen molar-refractivity contribution in [3.63, 3.8) is 0 Å². The van der Waals surface area contributed by atoms with E-state index in [4.69, 9.17) is 26.9 Å². The lowest BCUT2D eigenvalue weighted by molar-refractivity contribution is 0.0985. The number of benzene rings is 1. The first kappa shape index (κ1) is 24.7. The van der Waals surface area contributed by atoms with Crippen LogP contribution < -0.4 is 15.5 Å². The van der Waals surface area contributed by atoms with Gasteiger partial charge in [-0.3, -0.25) is 9.11 Å². The monoisotopic (exact) mass is 479 g/mol. The Labute approximate surface area is 197 Å². The van der Waals surface area contributed by atoms with Gasteiger partial charge in [-0.15, -0.1) is 0 Å². The summed E-state index contributed by atoms with van der Waals surface area (Å²) >= 11 is 5.25. The second-order valence-corrected chi connectivity index (χ2v) is 11.6. The Bertz CT molecular complexity index is 948. The third-order valence-electron chi connectivity index (χ3n) is 5.70. The van der Waals surface area contributed by atoms with E-state index in [1.54, 1.807) is 13.8 Å². The lowest BCUT2D eigenvalue weighted by Gasteiger charge is -2.43. The fraction of sp³-hybridized carbons (Fsp3) is 0.500. The van der Waals surface area contributed by atoms with Gasteiger partial charge in [0.15, 0.2) is 10.9 Å². The highest BCUT2D eigenvalue weighted by atomic mass is 32.3. The van der Waals surface area contributed by atoms with Crippen molar-refractivity contribution in [3.05, 3.63) is 36.0 Å². The number of hydrogen-bond acceptors (Lipinski definition) is 7. The van der Waals surface area contributed by atoms with Crippen LogP contribution in [0.15, 0.2) is 30.3 Å². The molecule has 0 amide bonds. The molecule has 1 fully saturated rings. The molecule has 0 spiro atoms. The van der Waals surface area contributed by atoms with Gasteiger partial charge in [0.25, 0.3) is 0 Å². The van der Waals surface area contributed by atoms with Gasteiger partial charge in [-0.1, -0.05) is 0 Å². The maximum Gasteiger partial charge on any atom is 0.170 e. The van der Waals surface area contributed by atoms with Crippen LogP contribution in [0.25, 0.3) is 11.4 Å². The average Bonchev–Trinajstić information content (AvgIpc) is 2.73. The molecule has 0 bridgehead atoms. The van der Waals surface area contributed by atoms with E-state index in [9.17, 15) is 9.11 Å². The van der Waals surface area contributed by atoms with Crippen LogP contribution in [-0.2, 0) is 9.48 Å². The number of anilines is 2. The molecule has 176 valence electrons. The summed E-state index contributed by atoms with van der Waals surface area (Å²) in [5.74, 6) is 1.29. The molecule has 2 aromatic rings. The predicted molar refractivity (Wildman–Crippen MR) is 137 cm³/mol.